The number of aromatic nitrogens is 2. The molecule has 0 aliphatic heterocycles. The molecule has 0 amide bonds. The Morgan fingerprint density at radius 2 is 2.55 bits per heavy atom. The molecule has 0 radical (unpaired) electrons. The standard InChI is InChI=1S/C6H6FIN2O/c7-1-2-10-6(8)3-5(4-11)9-10/h3-4H,1-2H2. The van der Waals surface area contributed by atoms with Gasteiger partial charge in [-0.1, -0.05) is 0 Å². The largest absolute Gasteiger partial charge is 0.296 e. The summed E-state index contributed by atoms with van der Waals surface area (Å²) in [6, 6.07) is 1.61. The van der Waals surface area contributed by atoms with Gasteiger partial charge in [0.05, 0.1) is 10.2 Å². The fraction of sp³-hybridized carbons (Fsp3) is 0.333. The van der Waals surface area contributed by atoms with Crippen molar-refractivity contribution in [1.29, 1.82) is 0 Å². The van der Waals surface area contributed by atoms with Gasteiger partial charge in [-0.15, -0.1) is 0 Å². The van der Waals surface area contributed by atoms with E-state index in [1.807, 2.05) is 22.6 Å². The van der Waals surface area contributed by atoms with E-state index >= 15 is 0 Å². The van der Waals surface area contributed by atoms with Crippen LogP contribution in [0.5, 0.6) is 0 Å². The van der Waals surface area contributed by atoms with Crippen LogP contribution >= 0.6 is 22.6 Å². The molecule has 1 aromatic heterocycles. The minimum Gasteiger partial charge on any atom is -0.296 e. The monoisotopic (exact) mass is 268 g/mol. The second kappa shape index (κ2) is 3.80. The van der Waals surface area contributed by atoms with Crippen LogP contribution in [0.15, 0.2) is 6.07 Å². The Bertz CT molecular complexity index is 261. The Morgan fingerprint density at radius 3 is 3.00 bits per heavy atom. The molecule has 1 heterocycles. The molecule has 1 aromatic rings. The molecule has 0 N–H and O–H groups in total. The summed E-state index contributed by atoms with van der Waals surface area (Å²) in [5, 5.41) is 3.82. The Kier molecular flexibility index (Phi) is 2.98. The van der Waals surface area contributed by atoms with E-state index in [4.69, 9.17) is 0 Å². The van der Waals surface area contributed by atoms with Crippen LogP contribution < -0.4 is 0 Å². The molecule has 0 unspecified atom stereocenters. The van der Waals surface area contributed by atoms with Gasteiger partial charge in [-0.05, 0) is 22.6 Å². The quantitative estimate of drug-likeness (QED) is 0.611. The number of alkyl halides is 1. The Labute approximate surface area is 76.7 Å². The fourth-order valence-corrected chi connectivity index (χ4v) is 1.38. The van der Waals surface area contributed by atoms with Crippen LogP contribution in [0.4, 0.5) is 4.39 Å². The first kappa shape index (κ1) is 8.63. The highest BCUT2D eigenvalue weighted by Crippen LogP contribution is 2.05. The number of halogens is 2. The Morgan fingerprint density at radius 1 is 1.82 bits per heavy atom. The predicted octanol–water partition coefficient (Wildman–Crippen LogP) is 1.27. The summed E-state index contributed by atoms with van der Waals surface area (Å²) in [5.41, 5.74) is 0.350. The molecule has 0 atom stereocenters. The van der Waals surface area contributed by atoms with Crippen LogP contribution in [-0.2, 0) is 6.54 Å². The minimum atomic E-state index is -0.462. The van der Waals surface area contributed by atoms with E-state index < -0.39 is 6.67 Å². The molecule has 0 aliphatic carbocycles. The highest BCUT2D eigenvalue weighted by atomic mass is 127. The van der Waals surface area contributed by atoms with Gasteiger partial charge < -0.3 is 0 Å². The van der Waals surface area contributed by atoms with E-state index in [0.717, 1.165) is 3.70 Å². The van der Waals surface area contributed by atoms with Crippen LogP contribution in [0.3, 0.4) is 0 Å². The summed E-state index contributed by atoms with van der Waals surface area (Å²) in [6.07, 6.45) is 0.650. The van der Waals surface area contributed by atoms with E-state index in [0.29, 0.717) is 12.0 Å². The number of carbonyl (C=O) groups is 1. The van der Waals surface area contributed by atoms with Gasteiger partial charge >= 0.3 is 0 Å². The van der Waals surface area contributed by atoms with Crippen LogP contribution in [0.2, 0.25) is 0 Å². The third kappa shape index (κ3) is 1.98. The van der Waals surface area contributed by atoms with Crippen LogP contribution in [0.25, 0.3) is 0 Å². The molecule has 11 heavy (non-hydrogen) atoms. The van der Waals surface area contributed by atoms with Crippen molar-refractivity contribution in [2.24, 2.45) is 0 Å². The van der Waals surface area contributed by atoms with Crippen molar-refractivity contribution in [1.82, 2.24) is 9.78 Å². The molecule has 0 saturated carbocycles. The van der Waals surface area contributed by atoms with E-state index in [1.165, 1.54) is 4.68 Å². The van der Waals surface area contributed by atoms with E-state index in [1.54, 1.807) is 6.07 Å². The maximum Gasteiger partial charge on any atom is 0.170 e. The average molecular weight is 268 g/mol. The molecule has 0 fully saturated rings. The zero-order chi connectivity index (χ0) is 8.27. The van der Waals surface area contributed by atoms with Gasteiger partial charge in [0.1, 0.15) is 12.4 Å². The maximum absolute atomic E-state index is 11.8. The van der Waals surface area contributed by atoms with Gasteiger partial charge in [0.15, 0.2) is 6.29 Å². The molecule has 60 valence electrons. The third-order valence-electron chi connectivity index (χ3n) is 1.17. The third-order valence-corrected chi connectivity index (χ3v) is 2.04. The van der Waals surface area contributed by atoms with Gasteiger partial charge in [0, 0.05) is 6.07 Å². The lowest BCUT2D eigenvalue weighted by Gasteiger charge is -1.95. The van der Waals surface area contributed by atoms with Crippen LogP contribution in [-0.4, -0.2) is 22.7 Å². The first-order chi connectivity index (χ1) is 5.27. The molecule has 1 rings (SSSR count). The topological polar surface area (TPSA) is 34.9 Å². The normalized spacial score (nSPS) is 10.0. The molecule has 0 spiro atoms. The molecular formula is C6H6FIN2O. The van der Waals surface area contributed by atoms with Gasteiger partial charge in [-0.25, -0.2) is 4.39 Å². The van der Waals surface area contributed by atoms with Gasteiger partial charge in [-0.2, -0.15) is 5.10 Å². The summed E-state index contributed by atoms with van der Waals surface area (Å²) in [5.74, 6) is 0. The predicted molar refractivity (Wildman–Crippen MR) is 46.3 cm³/mol. The number of hydrogen-bond donors (Lipinski definition) is 0. The van der Waals surface area contributed by atoms with Gasteiger partial charge in [0.25, 0.3) is 0 Å². The summed E-state index contributed by atoms with van der Waals surface area (Å²) in [4.78, 5) is 10.2. The lowest BCUT2D eigenvalue weighted by molar-refractivity contribution is 0.111. The molecule has 3 nitrogen and oxygen atoms in total. The van der Waals surface area contributed by atoms with Crippen molar-refractivity contribution in [2.75, 3.05) is 6.67 Å². The molecule has 0 aliphatic rings. The van der Waals surface area contributed by atoms with Gasteiger partial charge in [0.2, 0.25) is 0 Å². The first-order valence-electron chi connectivity index (χ1n) is 3.02. The van der Waals surface area contributed by atoms with Crippen LogP contribution in [0, 0.1) is 3.70 Å². The zero-order valence-corrected chi connectivity index (χ0v) is 7.79. The molecule has 5 heteroatoms. The number of aryl methyl sites for hydroxylation is 1. The number of aldehydes is 1. The Balaban J connectivity index is 2.87. The van der Waals surface area contributed by atoms with Crippen molar-refractivity contribution in [3.05, 3.63) is 15.5 Å². The first-order valence-corrected chi connectivity index (χ1v) is 4.10. The van der Waals surface area contributed by atoms with E-state index in [-0.39, 0.29) is 6.54 Å². The number of carbonyl (C=O) groups excluding carboxylic acids is 1. The van der Waals surface area contributed by atoms with Crippen molar-refractivity contribution in [3.63, 3.8) is 0 Å². The highest BCUT2D eigenvalue weighted by molar-refractivity contribution is 14.1. The van der Waals surface area contributed by atoms with Crippen molar-refractivity contribution in [3.8, 4) is 0 Å². The zero-order valence-electron chi connectivity index (χ0n) is 5.63. The summed E-state index contributed by atoms with van der Waals surface area (Å²) >= 11 is 2.00. The maximum atomic E-state index is 11.8. The lowest BCUT2D eigenvalue weighted by Crippen LogP contribution is -2.03. The van der Waals surface area contributed by atoms with Crippen molar-refractivity contribution < 1.29 is 9.18 Å². The number of hydrogen-bond acceptors (Lipinski definition) is 2. The molecule has 0 aromatic carbocycles. The minimum absolute atomic E-state index is 0.214. The molecular weight excluding hydrogens is 262 g/mol. The second-order valence-corrected chi connectivity index (χ2v) is 3.03. The molecule has 0 bridgehead atoms. The summed E-state index contributed by atoms with van der Waals surface area (Å²) < 4.78 is 14.1. The van der Waals surface area contributed by atoms with Crippen LogP contribution in [0.1, 0.15) is 10.5 Å². The highest BCUT2D eigenvalue weighted by Gasteiger charge is 2.02. The lowest BCUT2D eigenvalue weighted by atomic mass is 10.5. The van der Waals surface area contributed by atoms with E-state index in [9.17, 15) is 9.18 Å². The number of nitrogens with zero attached hydrogens (tertiary/aromatic N) is 2. The van der Waals surface area contributed by atoms with Crippen molar-refractivity contribution >= 4 is 28.9 Å². The number of rotatable bonds is 3. The smallest absolute Gasteiger partial charge is 0.170 e. The summed E-state index contributed by atoms with van der Waals surface area (Å²) in [6.45, 7) is -0.248. The van der Waals surface area contributed by atoms with Gasteiger partial charge in [-0.3, -0.25) is 9.48 Å². The second-order valence-electron chi connectivity index (χ2n) is 1.92. The average Bonchev–Trinajstić information content (AvgIpc) is 2.33. The summed E-state index contributed by atoms with van der Waals surface area (Å²) in [7, 11) is 0. The van der Waals surface area contributed by atoms with E-state index in [2.05, 4.69) is 5.10 Å². The SMILES string of the molecule is O=Cc1cc(I)n(CCF)n1. The van der Waals surface area contributed by atoms with Crippen molar-refractivity contribution in [2.45, 2.75) is 6.54 Å². The fourth-order valence-electron chi connectivity index (χ4n) is 0.707. The Hall–Kier alpha value is -0.460. The molecule has 0 saturated heterocycles.